The predicted molar refractivity (Wildman–Crippen MR) is 72.0 cm³/mol. The van der Waals surface area contributed by atoms with Gasteiger partial charge in [0.2, 0.25) is 5.91 Å². The van der Waals surface area contributed by atoms with Crippen LogP contribution in [-0.2, 0) is 4.79 Å². The van der Waals surface area contributed by atoms with Gasteiger partial charge in [-0.3, -0.25) is 4.79 Å². The third-order valence-corrected chi connectivity index (χ3v) is 3.85. The molecule has 17 heavy (non-hydrogen) atoms. The van der Waals surface area contributed by atoms with Crippen LogP contribution in [0, 0.1) is 5.92 Å². The minimum atomic E-state index is -0.218. The summed E-state index contributed by atoms with van der Waals surface area (Å²) in [5, 5.41) is 6.98. The van der Waals surface area contributed by atoms with Crippen LogP contribution in [0.25, 0.3) is 0 Å². The Morgan fingerprint density at radius 1 is 1.29 bits per heavy atom. The Balaban J connectivity index is 2.34. The van der Waals surface area contributed by atoms with Crippen molar-refractivity contribution in [3.05, 3.63) is 22.2 Å². The van der Waals surface area contributed by atoms with Gasteiger partial charge in [0.15, 0.2) is 0 Å². The van der Waals surface area contributed by atoms with Crippen molar-refractivity contribution in [3.8, 4) is 0 Å². The molecule has 5 heteroatoms. The fraction of sp³-hybridized carbons (Fsp3) is 0.417. The van der Waals surface area contributed by atoms with Crippen molar-refractivity contribution in [2.45, 2.75) is 26.3 Å². The maximum atomic E-state index is 11.9. The summed E-state index contributed by atoms with van der Waals surface area (Å²) in [4.78, 5) is 11.9. The van der Waals surface area contributed by atoms with E-state index in [1.165, 1.54) is 0 Å². The number of hydrogen-bond acceptors (Lipinski definition) is 2. The van der Waals surface area contributed by atoms with E-state index < -0.39 is 0 Å². The van der Waals surface area contributed by atoms with Crippen molar-refractivity contribution in [1.29, 1.82) is 0 Å². The summed E-state index contributed by atoms with van der Waals surface area (Å²) in [5.41, 5.74) is 1.51. The first-order valence-electron chi connectivity index (χ1n) is 5.59. The number of hydrogen-bond donors (Lipinski definition) is 2. The Morgan fingerprint density at radius 3 is 2.47 bits per heavy atom. The van der Waals surface area contributed by atoms with Crippen molar-refractivity contribution in [2.24, 2.45) is 5.92 Å². The Morgan fingerprint density at radius 2 is 1.88 bits per heavy atom. The molecule has 2 atom stereocenters. The van der Waals surface area contributed by atoms with Gasteiger partial charge in [0, 0.05) is 0 Å². The van der Waals surface area contributed by atoms with Crippen molar-refractivity contribution in [3.63, 3.8) is 0 Å². The number of nitrogens with one attached hydrogen (secondary N) is 2. The number of halogens is 2. The molecule has 92 valence electrons. The zero-order valence-electron chi connectivity index (χ0n) is 9.68. The van der Waals surface area contributed by atoms with Gasteiger partial charge in [-0.25, -0.2) is 0 Å². The Hall–Kier alpha value is -0.930. The van der Waals surface area contributed by atoms with Gasteiger partial charge < -0.3 is 10.6 Å². The van der Waals surface area contributed by atoms with Crippen LogP contribution < -0.4 is 10.6 Å². The molecule has 2 unspecified atom stereocenters. The monoisotopic (exact) mass is 272 g/mol. The van der Waals surface area contributed by atoms with Gasteiger partial charge >= 0.3 is 0 Å². The summed E-state index contributed by atoms with van der Waals surface area (Å²) in [6.07, 6.45) is 0.932. The van der Waals surface area contributed by atoms with Crippen molar-refractivity contribution in [2.75, 3.05) is 10.6 Å². The highest BCUT2D eigenvalue weighted by Crippen LogP contribution is 2.36. The zero-order chi connectivity index (χ0) is 12.6. The first kappa shape index (κ1) is 12.5. The molecule has 0 saturated heterocycles. The fourth-order valence-corrected chi connectivity index (χ4v) is 2.18. The van der Waals surface area contributed by atoms with Crippen LogP contribution in [0.1, 0.15) is 20.3 Å². The summed E-state index contributed by atoms with van der Waals surface area (Å²) < 4.78 is 0. The van der Waals surface area contributed by atoms with Gasteiger partial charge in [-0.2, -0.15) is 0 Å². The number of anilines is 2. The molecule has 0 bridgehead atoms. The Kier molecular flexibility index (Phi) is 3.50. The molecule has 3 nitrogen and oxygen atoms in total. The molecular formula is C12H14Cl2N2O. The van der Waals surface area contributed by atoms with E-state index in [9.17, 15) is 4.79 Å². The molecule has 2 rings (SSSR count). The zero-order valence-corrected chi connectivity index (χ0v) is 11.2. The van der Waals surface area contributed by atoms with Crippen LogP contribution in [-0.4, -0.2) is 11.9 Å². The molecule has 1 aromatic rings. The van der Waals surface area contributed by atoms with Crippen molar-refractivity contribution >= 4 is 40.5 Å². The van der Waals surface area contributed by atoms with E-state index in [1.807, 2.05) is 6.92 Å². The van der Waals surface area contributed by atoms with Crippen LogP contribution in [0.3, 0.4) is 0 Å². The van der Waals surface area contributed by atoms with Gasteiger partial charge in [0.25, 0.3) is 0 Å². The molecule has 1 aliphatic heterocycles. The standard InChI is InChI=1S/C12H14Cl2N2O/c1-3-6(2)11-12(17)16-10-5-8(14)7(13)4-9(10)15-11/h4-6,11,15H,3H2,1-2H3,(H,16,17). The highest BCUT2D eigenvalue weighted by atomic mass is 35.5. The van der Waals surface area contributed by atoms with Gasteiger partial charge in [-0.15, -0.1) is 0 Å². The van der Waals surface area contributed by atoms with Crippen LogP contribution in [0.5, 0.6) is 0 Å². The number of fused-ring (bicyclic) bond motifs is 1. The van der Waals surface area contributed by atoms with E-state index in [0.29, 0.717) is 15.7 Å². The lowest BCUT2D eigenvalue weighted by Gasteiger charge is -2.30. The molecule has 0 aliphatic carbocycles. The number of rotatable bonds is 2. The Labute approximate surface area is 110 Å². The summed E-state index contributed by atoms with van der Waals surface area (Å²) in [6, 6.07) is 3.19. The molecule has 1 aromatic carbocycles. The predicted octanol–water partition coefficient (Wildman–Crippen LogP) is 3.77. The third kappa shape index (κ3) is 2.35. The second-order valence-electron chi connectivity index (χ2n) is 4.31. The van der Waals surface area contributed by atoms with Gasteiger partial charge in [0.05, 0.1) is 21.4 Å². The second-order valence-corrected chi connectivity index (χ2v) is 5.12. The number of benzene rings is 1. The number of amides is 1. The van der Waals surface area contributed by atoms with Crippen LogP contribution in [0.4, 0.5) is 11.4 Å². The van der Waals surface area contributed by atoms with Crippen molar-refractivity contribution < 1.29 is 4.79 Å². The topological polar surface area (TPSA) is 41.1 Å². The minimum Gasteiger partial charge on any atom is -0.372 e. The highest BCUT2D eigenvalue weighted by molar-refractivity contribution is 6.42. The lowest BCUT2D eigenvalue weighted by atomic mass is 9.96. The lowest BCUT2D eigenvalue weighted by molar-refractivity contribution is -0.118. The Bertz CT molecular complexity index is 462. The fourth-order valence-electron chi connectivity index (χ4n) is 1.85. The van der Waals surface area contributed by atoms with Crippen molar-refractivity contribution in [1.82, 2.24) is 0 Å². The van der Waals surface area contributed by atoms with E-state index in [-0.39, 0.29) is 17.9 Å². The summed E-state index contributed by atoms with van der Waals surface area (Å²) in [6.45, 7) is 4.10. The maximum Gasteiger partial charge on any atom is 0.247 e. The van der Waals surface area contributed by atoms with E-state index in [1.54, 1.807) is 12.1 Å². The van der Waals surface area contributed by atoms with Gasteiger partial charge in [-0.05, 0) is 18.1 Å². The molecular weight excluding hydrogens is 259 g/mol. The molecule has 0 fully saturated rings. The largest absolute Gasteiger partial charge is 0.372 e. The first-order chi connectivity index (χ1) is 8.02. The van der Waals surface area contributed by atoms with E-state index in [0.717, 1.165) is 12.1 Å². The average Bonchev–Trinajstić information content (AvgIpc) is 2.30. The molecule has 0 radical (unpaired) electrons. The number of carbonyl (C=O) groups excluding carboxylic acids is 1. The highest BCUT2D eigenvalue weighted by Gasteiger charge is 2.29. The minimum absolute atomic E-state index is 0.0229. The van der Waals surface area contributed by atoms with Crippen LogP contribution >= 0.6 is 23.2 Å². The average molecular weight is 273 g/mol. The second kappa shape index (κ2) is 4.75. The lowest BCUT2D eigenvalue weighted by Crippen LogP contribution is -2.43. The molecule has 0 aromatic heterocycles. The van der Waals surface area contributed by atoms with Crippen LogP contribution in [0.2, 0.25) is 10.0 Å². The molecule has 1 amide bonds. The smallest absolute Gasteiger partial charge is 0.247 e. The number of carbonyl (C=O) groups is 1. The van der Waals surface area contributed by atoms with E-state index in [4.69, 9.17) is 23.2 Å². The molecule has 2 N–H and O–H groups in total. The summed E-state index contributed by atoms with van der Waals surface area (Å²) >= 11 is 11.9. The van der Waals surface area contributed by atoms with Gasteiger partial charge in [-0.1, -0.05) is 43.5 Å². The molecule has 0 saturated carbocycles. The maximum absolute atomic E-state index is 11.9. The normalized spacial score (nSPS) is 20.2. The summed E-state index contributed by atoms with van der Waals surface area (Å²) in [7, 11) is 0. The van der Waals surface area contributed by atoms with E-state index >= 15 is 0 Å². The molecule has 1 heterocycles. The first-order valence-corrected chi connectivity index (χ1v) is 6.35. The third-order valence-electron chi connectivity index (χ3n) is 3.12. The van der Waals surface area contributed by atoms with Gasteiger partial charge in [0.1, 0.15) is 6.04 Å². The molecule has 1 aliphatic rings. The van der Waals surface area contributed by atoms with E-state index in [2.05, 4.69) is 17.6 Å². The van der Waals surface area contributed by atoms with Crippen LogP contribution in [0.15, 0.2) is 12.1 Å². The SMILES string of the molecule is CCC(C)C1Nc2cc(Cl)c(Cl)cc2NC1=O. The summed E-state index contributed by atoms with van der Waals surface area (Å²) in [5.74, 6) is 0.239. The quantitative estimate of drug-likeness (QED) is 0.861. The molecule has 0 spiro atoms.